The molecule has 3 fully saturated rings. The molecule has 128 valence electrons. The van der Waals surface area contributed by atoms with E-state index in [4.69, 9.17) is 0 Å². The van der Waals surface area contributed by atoms with Crippen LogP contribution in [0.5, 0.6) is 0 Å². The van der Waals surface area contributed by atoms with E-state index >= 15 is 0 Å². The SMILES string of the molecule is CCN1CN(C)CC2C(O)C3CN(C)CN(CC)C3C(O)C21. The van der Waals surface area contributed by atoms with E-state index in [1.165, 1.54) is 0 Å². The number of rotatable bonds is 2. The van der Waals surface area contributed by atoms with Gasteiger partial charge in [-0.15, -0.1) is 0 Å². The molecule has 0 aromatic rings. The normalized spacial score (nSPS) is 45.5. The number of fused-ring (bicyclic) bond motifs is 2. The molecule has 3 aliphatic rings. The summed E-state index contributed by atoms with van der Waals surface area (Å²) in [6.07, 6.45) is -0.715. The Bertz CT molecular complexity index is 362. The molecule has 0 amide bonds. The largest absolute Gasteiger partial charge is 0.392 e. The maximum atomic E-state index is 11.2. The van der Waals surface area contributed by atoms with Gasteiger partial charge in [-0.3, -0.25) is 19.6 Å². The summed E-state index contributed by atoms with van der Waals surface area (Å²) in [5.41, 5.74) is 0. The Morgan fingerprint density at radius 1 is 0.773 bits per heavy atom. The fourth-order valence-corrected chi connectivity index (χ4v) is 5.10. The van der Waals surface area contributed by atoms with Gasteiger partial charge in [0, 0.05) is 37.0 Å². The van der Waals surface area contributed by atoms with Crippen molar-refractivity contribution >= 4 is 0 Å². The van der Waals surface area contributed by atoms with Crippen molar-refractivity contribution in [2.75, 3.05) is 53.6 Å². The topological polar surface area (TPSA) is 53.4 Å². The Morgan fingerprint density at radius 2 is 1.18 bits per heavy atom. The molecule has 4 unspecified atom stereocenters. The smallest absolute Gasteiger partial charge is 0.0859 e. The average Bonchev–Trinajstić information content (AvgIpc) is 2.50. The molecule has 0 aromatic heterocycles. The van der Waals surface area contributed by atoms with Gasteiger partial charge in [0.05, 0.1) is 25.5 Å². The molecule has 1 saturated carbocycles. The second kappa shape index (κ2) is 6.34. The number of nitrogens with zero attached hydrogens (tertiary/aromatic N) is 4. The molecule has 2 aliphatic heterocycles. The number of aliphatic hydroxyl groups excluding tert-OH is 2. The molecule has 0 bridgehead atoms. The van der Waals surface area contributed by atoms with Gasteiger partial charge in [-0.25, -0.2) is 0 Å². The van der Waals surface area contributed by atoms with E-state index in [-0.39, 0.29) is 36.1 Å². The van der Waals surface area contributed by atoms with Crippen LogP contribution in [0.25, 0.3) is 0 Å². The lowest BCUT2D eigenvalue weighted by Gasteiger charge is -2.60. The van der Waals surface area contributed by atoms with Crippen LogP contribution in [0.15, 0.2) is 0 Å². The van der Waals surface area contributed by atoms with Crippen molar-refractivity contribution in [3.05, 3.63) is 0 Å². The monoisotopic (exact) mass is 312 g/mol. The van der Waals surface area contributed by atoms with Crippen molar-refractivity contribution in [2.45, 2.75) is 38.1 Å². The first-order valence-corrected chi connectivity index (χ1v) is 8.69. The van der Waals surface area contributed by atoms with Gasteiger partial charge in [-0.05, 0) is 27.2 Å². The summed E-state index contributed by atoms with van der Waals surface area (Å²) >= 11 is 0. The number of aliphatic hydroxyl groups is 2. The zero-order chi connectivity index (χ0) is 16.0. The molecule has 6 heteroatoms. The van der Waals surface area contributed by atoms with Gasteiger partial charge in [0.1, 0.15) is 0 Å². The molecule has 2 saturated heterocycles. The molecule has 2 heterocycles. The van der Waals surface area contributed by atoms with Gasteiger partial charge >= 0.3 is 0 Å². The minimum Gasteiger partial charge on any atom is -0.392 e. The maximum Gasteiger partial charge on any atom is 0.0859 e. The third-order valence-corrected chi connectivity index (χ3v) is 6.00. The summed E-state index contributed by atoms with van der Waals surface area (Å²) in [4.78, 5) is 9.21. The number of hydrogen-bond acceptors (Lipinski definition) is 6. The molecule has 2 N–H and O–H groups in total. The van der Waals surface area contributed by atoms with Crippen LogP contribution < -0.4 is 0 Å². The van der Waals surface area contributed by atoms with Gasteiger partial charge in [-0.2, -0.15) is 0 Å². The summed E-state index contributed by atoms with van der Waals surface area (Å²) in [6, 6.07) is 0.157. The highest BCUT2D eigenvalue weighted by molar-refractivity contribution is 5.09. The van der Waals surface area contributed by atoms with Crippen molar-refractivity contribution in [2.24, 2.45) is 11.8 Å². The quantitative estimate of drug-likeness (QED) is 0.692. The third kappa shape index (κ3) is 2.60. The fraction of sp³-hybridized carbons (Fsp3) is 1.00. The Balaban J connectivity index is 1.92. The maximum absolute atomic E-state index is 11.2. The lowest BCUT2D eigenvalue weighted by molar-refractivity contribution is -0.193. The number of hydrogen-bond donors (Lipinski definition) is 2. The summed E-state index contributed by atoms with van der Waals surface area (Å²) in [5.74, 6) is 0.278. The Labute approximate surface area is 134 Å². The van der Waals surface area contributed by atoms with Crippen molar-refractivity contribution in [1.29, 1.82) is 0 Å². The Hall–Kier alpha value is -0.240. The second-order valence-corrected chi connectivity index (χ2v) is 7.46. The fourth-order valence-electron chi connectivity index (χ4n) is 5.10. The lowest BCUT2D eigenvalue weighted by atomic mass is 9.68. The van der Waals surface area contributed by atoms with Gasteiger partial charge in [0.25, 0.3) is 0 Å². The Kier molecular flexibility index (Phi) is 4.79. The van der Waals surface area contributed by atoms with E-state index in [0.29, 0.717) is 0 Å². The summed E-state index contributed by atoms with van der Waals surface area (Å²) in [6.45, 7) is 9.63. The summed E-state index contributed by atoms with van der Waals surface area (Å²) < 4.78 is 0. The molecule has 0 spiro atoms. The molecule has 4 atom stereocenters. The van der Waals surface area contributed by atoms with Crippen LogP contribution >= 0.6 is 0 Å². The molecule has 22 heavy (non-hydrogen) atoms. The molecular formula is C16H32N4O2. The van der Waals surface area contributed by atoms with Crippen molar-refractivity contribution in [1.82, 2.24) is 19.6 Å². The molecule has 3 rings (SSSR count). The van der Waals surface area contributed by atoms with Crippen LogP contribution in [-0.4, -0.2) is 108 Å². The van der Waals surface area contributed by atoms with Crippen LogP contribution in [0.3, 0.4) is 0 Å². The van der Waals surface area contributed by atoms with Crippen LogP contribution in [0.2, 0.25) is 0 Å². The van der Waals surface area contributed by atoms with E-state index in [1.54, 1.807) is 0 Å². The van der Waals surface area contributed by atoms with Gasteiger partial charge in [0.2, 0.25) is 0 Å². The number of likely N-dealkylation sites (N-methyl/N-ethyl adjacent to an activating group) is 2. The first-order valence-electron chi connectivity index (χ1n) is 8.69. The summed E-state index contributed by atoms with van der Waals surface area (Å²) in [5, 5.41) is 22.2. The van der Waals surface area contributed by atoms with E-state index < -0.39 is 0 Å². The average molecular weight is 312 g/mol. The van der Waals surface area contributed by atoms with E-state index in [2.05, 4.69) is 47.5 Å². The van der Waals surface area contributed by atoms with Gasteiger partial charge in [0.15, 0.2) is 0 Å². The Morgan fingerprint density at radius 3 is 1.55 bits per heavy atom. The van der Waals surface area contributed by atoms with Gasteiger partial charge < -0.3 is 10.2 Å². The molecular weight excluding hydrogens is 280 g/mol. The molecule has 6 nitrogen and oxygen atoms in total. The third-order valence-electron chi connectivity index (χ3n) is 6.00. The van der Waals surface area contributed by atoms with Crippen molar-refractivity contribution < 1.29 is 10.2 Å². The van der Waals surface area contributed by atoms with Crippen LogP contribution in [-0.2, 0) is 0 Å². The predicted molar refractivity (Wildman–Crippen MR) is 86.3 cm³/mol. The zero-order valence-corrected chi connectivity index (χ0v) is 14.4. The molecule has 0 radical (unpaired) electrons. The van der Waals surface area contributed by atoms with Crippen molar-refractivity contribution in [3.8, 4) is 0 Å². The van der Waals surface area contributed by atoms with Crippen molar-refractivity contribution in [3.63, 3.8) is 0 Å². The standard InChI is InChI=1S/C16H32N4O2/c1-5-19-9-17(3)7-11-13(19)16(22)14-12(15(11)21)8-18(4)10-20(14)6-2/h11-16,21-22H,5-10H2,1-4H3. The minimum atomic E-state index is -0.374. The molecule has 0 aromatic carbocycles. The van der Waals surface area contributed by atoms with E-state index in [1.807, 2.05) is 0 Å². The van der Waals surface area contributed by atoms with Crippen LogP contribution in [0, 0.1) is 11.8 Å². The highest BCUT2D eigenvalue weighted by atomic mass is 16.3. The lowest BCUT2D eigenvalue weighted by Crippen LogP contribution is -2.75. The first kappa shape index (κ1) is 16.6. The highest BCUT2D eigenvalue weighted by Gasteiger charge is 2.55. The second-order valence-electron chi connectivity index (χ2n) is 7.46. The van der Waals surface area contributed by atoms with Crippen LogP contribution in [0.1, 0.15) is 13.8 Å². The molecule has 1 aliphatic carbocycles. The first-order chi connectivity index (χ1) is 10.5. The zero-order valence-electron chi connectivity index (χ0n) is 14.4. The van der Waals surface area contributed by atoms with Crippen LogP contribution in [0.4, 0.5) is 0 Å². The van der Waals surface area contributed by atoms with Gasteiger partial charge in [-0.1, -0.05) is 13.8 Å². The summed E-state index contributed by atoms with van der Waals surface area (Å²) in [7, 11) is 4.21. The highest BCUT2D eigenvalue weighted by Crippen LogP contribution is 2.40. The predicted octanol–water partition coefficient (Wildman–Crippen LogP) is -0.859. The van der Waals surface area contributed by atoms with E-state index in [9.17, 15) is 10.2 Å². The van der Waals surface area contributed by atoms with E-state index in [0.717, 1.165) is 39.5 Å². The minimum absolute atomic E-state index is 0.0786.